The van der Waals surface area contributed by atoms with Gasteiger partial charge in [0.15, 0.2) is 0 Å². The largest absolute Gasteiger partial charge is 0.377 e. The van der Waals surface area contributed by atoms with Gasteiger partial charge in [-0.3, -0.25) is 10.3 Å². The van der Waals surface area contributed by atoms with Crippen LogP contribution in [0.5, 0.6) is 0 Å². The van der Waals surface area contributed by atoms with Crippen LogP contribution >= 0.6 is 0 Å². The minimum absolute atomic E-state index is 0.254. The van der Waals surface area contributed by atoms with Crippen molar-refractivity contribution in [2.45, 2.75) is 31.9 Å². The zero-order valence-corrected chi connectivity index (χ0v) is 10.0. The van der Waals surface area contributed by atoms with Crippen LogP contribution in [0.3, 0.4) is 0 Å². The van der Waals surface area contributed by atoms with Gasteiger partial charge in [-0.2, -0.15) is 5.26 Å². The second-order valence-corrected chi connectivity index (χ2v) is 4.34. The number of nitriles is 1. The van der Waals surface area contributed by atoms with Gasteiger partial charge in [-0.1, -0.05) is 6.07 Å². The van der Waals surface area contributed by atoms with Crippen molar-refractivity contribution in [3.05, 3.63) is 29.6 Å². The van der Waals surface area contributed by atoms with Crippen molar-refractivity contribution in [3.63, 3.8) is 0 Å². The Morgan fingerprint density at radius 3 is 3.12 bits per heavy atom. The average Bonchev–Trinajstić information content (AvgIpc) is 2.85. The third-order valence-corrected chi connectivity index (χ3v) is 2.97. The van der Waals surface area contributed by atoms with Gasteiger partial charge in [-0.05, 0) is 25.8 Å². The number of pyridine rings is 1. The molecular weight excluding hydrogens is 214 g/mol. The highest BCUT2D eigenvalue weighted by atomic mass is 16.5. The molecule has 0 aromatic carbocycles. The number of rotatable bonds is 4. The molecule has 1 saturated heterocycles. The Hall–Kier alpha value is -1.44. The van der Waals surface area contributed by atoms with E-state index in [1.165, 1.54) is 0 Å². The predicted molar refractivity (Wildman–Crippen MR) is 64.3 cm³/mol. The summed E-state index contributed by atoms with van der Waals surface area (Å²) >= 11 is 0. The fraction of sp³-hybridized carbons (Fsp3) is 0.538. The second-order valence-electron chi connectivity index (χ2n) is 4.34. The molecule has 1 aromatic heterocycles. The quantitative estimate of drug-likeness (QED) is 0.857. The molecule has 2 heterocycles. The summed E-state index contributed by atoms with van der Waals surface area (Å²) in [4.78, 5) is 4.21. The van der Waals surface area contributed by atoms with E-state index in [2.05, 4.69) is 16.4 Å². The molecule has 0 saturated carbocycles. The van der Waals surface area contributed by atoms with E-state index in [9.17, 15) is 0 Å². The number of ether oxygens (including phenoxy) is 1. The van der Waals surface area contributed by atoms with Crippen LogP contribution in [0.4, 0.5) is 0 Å². The highest BCUT2D eigenvalue weighted by molar-refractivity contribution is 5.22. The molecule has 1 N–H and O–H groups in total. The standard InChI is InChI=1S/C13H17N3O/c1-10-4-5-11(8-15-10)13(7-14)16-9-12-3-2-6-17-12/h4-5,8,12-13,16H,2-3,6,9H2,1H3. The Kier molecular flexibility index (Phi) is 4.08. The molecule has 0 radical (unpaired) electrons. The maximum Gasteiger partial charge on any atom is 0.122 e. The molecule has 2 atom stereocenters. The van der Waals surface area contributed by atoms with E-state index in [1.807, 2.05) is 19.1 Å². The van der Waals surface area contributed by atoms with E-state index in [1.54, 1.807) is 6.20 Å². The Morgan fingerprint density at radius 2 is 2.53 bits per heavy atom. The summed E-state index contributed by atoms with van der Waals surface area (Å²) in [5.74, 6) is 0. The third kappa shape index (κ3) is 3.26. The van der Waals surface area contributed by atoms with E-state index < -0.39 is 0 Å². The maximum absolute atomic E-state index is 9.14. The first kappa shape index (κ1) is 12.0. The molecule has 0 spiro atoms. The summed E-state index contributed by atoms with van der Waals surface area (Å²) in [6, 6.07) is 5.82. The van der Waals surface area contributed by atoms with Gasteiger partial charge in [0.1, 0.15) is 6.04 Å². The molecule has 0 aliphatic carbocycles. The van der Waals surface area contributed by atoms with Gasteiger partial charge in [0, 0.05) is 30.6 Å². The van der Waals surface area contributed by atoms with E-state index in [0.29, 0.717) is 0 Å². The summed E-state index contributed by atoms with van der Waals surface area (Å²) in [5.41, 5.74) is 1.88. The van der Waals surface area contributed by atoms with Crippen LogP contribution in [0.2, 0.25) is 0 Å². The molecule has 2 rings (SSSR count). The minimum Gasteiger partial charge on any atom is -0.377 e. The minimum atomic E-state index is -0.299. The molecule has 1 fully saturated rings. The fourth-order valence-electron chi connectivity index (χ4n) is 1.94. The molecule has 1 aliphatic rings. The lowest BCUT2D eigenvalue weighted by Crippen LogP contribution is -2.29. The number of aromatic nitrogens is 1. The van der Waals surface area contributed by atoms with Crippen LogP contribution in [0, 0.1) is 18.3 Å². The van der Waals surface area contributed by atoms with Gasteiger partial charge in [0.2, 0.25) is 0 Å². The summed E-state index contributed by atoms with van der Waals surface area (Å²) in [5, 5.41) is 12.4. The zero-order chi connectivity index (χ0) is 12.1. The Labute approximate surface area is 102 Å². The van der Waals surface area contributed by atoms with Crippen molar-refractivity contribution < 1.29 is 4.74 Å². The smallest absolute Gasteiger partial charge is 0.122 e. The van der Waals surface area contributed by atoms with Gasteiger partial charge in [0.05, 0.1) is 12.2 Å². The molecule has 4 heteroatoms. The van der Waals surface area contributed by atoms with E-state index in [0.717, 1.165) is 37.3 Å². The van der Waals surface area contributed by atoms with Crippen molar-refractivity contribution in [1.29, 1.82) is 5.26 Å². The number of hydrogen-bond acceptors (Lipinski definition) is 4. The van der Waals surface area contributed by atoms with Crippen LogP contribution in [0.15, 0.2) is 18.3 Å². The highest BCUT2D eigenvalue weighted by Gasteiger charge is 2.18. The fourth-order valence-corrected chi connectivity index (χ4v) is 1.94. The van der Waals surface area contributed by atoms with Crippen molar-refractivity contribution in [3.8, 4) is 6.07 Å². The first-order valence-corrected chi connectivity index (χ1v) is 5.97. The SMILES string of the molecule is Cc1ccc(C(C#N)NCC2CCCO2)cn1. The topological polar surface area (TPSA) is 57.9 Å². The molecule has 0 bridgehead atoms. The Balaban J connectivity index is 1.92. The molecule has 2 unspecified atom stereocenters. The average molecular weight is 231 g/mol. The third-order valence-electron chi connectivity index (χ3n) is 2.97. The molecule has 0 amide bonds. The zero-order valence-electron chi connectivity index (χ0n) is 10.0. The van der Waals surface area contributed by atoms with Gasteiger partial charge in [0.25, 0.3) is 0 Å². The summed E-state index contributed by atoms with van der Waals surface area (Å²) in [7, 11) is 0. The predicted octanol–water partition coefficient (Wildman–Crippen LogP) is 1.72. The van der Waals surface area contributed by atoms with Crippen molar-refractivity contribution in [2.75, 3.05) is 13.2 Å². The molecule has 17 heavy (non-hydrogen) atoms. The van der Waals surface area contributed by atoms with Crippen molar-refractivity contribution in [1.82, 2.24) is 10.3 Å². The van der Waals surface area contributed by atoms with Crippen LogP contribution < -0.4 is 5.32 Å². The second kappa shape index (κ2) is 5.76. The first-order chi connectivity index (χ1) is 8.29. The lowest BCUT2D eigenvalue weighted by molar-refractivity contribution is 0.109. The Bertz CT molecular complexity index is 390. The normalized spacial score (nSPS) is 21.1. The van der Waals surface area contributed by atoms with Gasteiger partial charge < -0.3 is 4.74 Å². The van der Waals surface area contributed by atoms with Crippen molar-refractivity contribution in [2.24, 2.45) is 0 Å². The number of nitrogens with one attached hydrogen (secondary N) is 1. The number of nitrogens with zero attached hydrogens (tertiary/aromatic N) is 2. The molecular formula is C13H17N3O. The summed E-state index contributed by atoms with van der Waals surface area (Å²) in [6.45, 7) is 3.51. The van der Waals surface area contributed by atoms with E-state index in [-0.39, 0.29) is 12.1 Å². The Morgan fingerprint density at radius 1 is 1.65 bits per heavy atom. The first-order valence-electron chi connectivity index (χ1n) is 5.97. The molecule has 90 valence electrons. The summed E-state index contributed by atoms with van der Waals surface area (Å²) < 4.78 is 5.52. The number of hydrogen-bond donors (Lipinski definition) is 1. The van der Waals surface area contributed by atoms with E-state index in [4.69, 9.17) is 10.00 Å². The molecule has 4 nitrogen and oxygen atoms in total. The maximum atomic E-state index is 9.14. The van der Waals surface area contributed by atoms with E-state index >= 15 is 0 Å². The lowest BCUT2D eigenvalue weighted by Gasteiger charge is -2.15. The molecule has 1 aromatic rings. The summed E-state index contributed by atoms with van der Waals surface area (Å²) in [6.07, 6.45) is 4.21. The van der Waals surface area contributed by atoms with Gasteiger partial charge in [-0.15, -0.1) is 0 Å². The van der Waals surface area contributed by atoms with Crippen LogP contribution in [0.1, 0.15) is 30.1 Å². The van der Waals surface area contributed by atoms with Crippen LogP contribution in [-0.4, -0.2) is 24.2 Å². The molecule has 1 aliphatic heterocycles. The van der Waals surface area contributed by atoms with Gasteiger partial charge >= 0.3 is 0 Å². The van der Waals surface area contributed by atoms with Gasteiger partial charge in [-0.25, -0.2) is 0 Å². The monoisotopic (exact) mass is 231 g/mol. The van der Waals surface area contributed by atoms with Crippen molar-refractivity contribution >= 4 is 0 Å². The highest BCUT2D eigenvalue weighted by Crippen LogP contribution is 2.14. The van der Waals surface area contributed by atoms with Crippen LogP contribution in [-0.2, 0) is 4.74 Å². The van der Waals surface area contributed by atoms with Crippen LogP contribution in [0.25, 0.3) is 0 Å². The lowest BCUT2D eigenvalue weighted by atomic mass is 10.1. The number of aryl methyl sites for hydroxylation is 1.